The van der Waals surface area contributed by atoms with Crippen molar-refractivity contribution in [3.05, 3.63) is 0 Å². The van der Waals surface area contributed by atoms with E-state index >= 15 is 0 Å². The van der Waals surface area contributed by atoms with Gasteiger partial charge < -0.3 is 18.3 Å². The van der Waals surface area contributed by atoms with Gasteiger partial charge in [0.15, 0.2) is 19.7 Å². The van der Waals surface area contributed by atoms with Crippen molar-refractivity contribution in [2.75, 3.05) is 55.4 Å². The average Bonchev–Trinajstić information content (AvgIpc) is 2.16. The second kappa shape index (κ2) is 11.8. The SMILES string of the molecule is CCN(C)[SiH2]N(C)CC.CN(C)[SiH2]N(C)C. The van der Waals surface area contributed by atoms with E-state index in [0.717, 1.165) is 0 Å². The third-order valence-electron chi connectivity index (χ3n) is 2.13. The van der Waals surface area contributed by atoms with Gasteiger partial charge in [-0.2, -0.15) is 0 Å². The molecule has 0 aromatic rings. The van der Waals surface area contributed by atoms with Crippen molar-refractivity contribution < 1.29 is 0 Å². The van der Waals surface area contributed by atoms with Gasteiger partial charge in [-0.3, -0.25) is 0 Å². The van der Waals surface area contributed by atoms with E-state index in [1.54, 1.807) is 0 Å². The molecule has 16 heavy (non-hydrogen) atoms. The molecule has 0 unspecified atom stereocenters. The lowest BCUT2D eigenvalue weighted by Crippen LogP contribution is -2.36. The molecule has 0 rings (SSSR count). The smallest absolute Gasteiger partial charge is 0.172 e. The first-order chi connectivity index (χ1) is 7.33. The molecular weight excluding hydrogens is 232 g/mol. The molecule has 0 aromatic carbocycles. The van der Waals surface area contributed by atoms with Crippen LogP contribution in [0.15, 0.2) is 0 Å². The van der Waals surface area contributed by atoms with Crippen molar-refractivity contribution in [3.63, 3.8) is 0 Å². The van der Waals surface area contributed by atoms with Gasteiger partial charge in [0, 0.05) is 0 Å². The standard InChI is InChI=1S/C6H18N2Si.C4H14N2Si/c1-5-7(3)9-8(4)6-2;1-5(2)7-6(3)4/h5-6,9H2,1-4H3;7H2,1-4H3. The normalized spacial score (nSPS) is 11.2. The van der Waals surface area contributed by atoms with Crippen LogP contribution in [0, 0.1) is 0 Å². The Morgan fingerprint density at radius 1 is 0.625 bits per heavy atom. The van der Waals surface area contributed by atoms with Crippen molar-refractivity contribution in [3.8, 4) is 0 Å². The van der Waals surface area contributed by atoms with Crippen molar-refractivity contribution in [2.45, 2.75) is 13.8 Å². The molecule has 100 valence electrons. The van der Waals surface area contributed by atoms with Crippen LogP contribution >= 0.6 is 0 Å². The van der Waals surface area contributed by atoms with Crippen molar-refractivity contribution >= 4 is 19.7 Å². The van der Waals surface area contributed by atoms with Gasteiger partial charge in [-0.1, -0.05) is 13.8 Å². The van der Waals surface area contributed by atoms with Crippen molar-refractivity contribution in [1.29, 1.82) is 0 Å². The summed E-state index contributed by atoms with van der Waals surface area (Å²) >= 11 is 0. The molecule has 0 heterocycles. The average molecular weight is 265 g/mol. The summed E-state index contributed by atoms with van der Waals surface area (Å²) in [5, 5.41) is 0. The fourth-order valence-electron chi connectivity index (χ4n) is 1.18. The molecule has 4 nitrogen and oxygen atoms in total. The lowest BCUT2D eigenvalue weighted by atomic mass is 10.8. The highest BCUT2D eigenvalue weighted by Crippen LogP contribution is 1.81. The van der Waals surface area contributed by atoms with Gasteiger partial charge in [-0.05, 0) is 55.4 Å². The summed E-state index contributed by atoms with van der Waals surface area (Å²) in [4.78, 5) is 0. The Morgan fingerprint density at radius 3 is 1.06 bits per heavy atom. The highest BCUT2D eigenvalue weighted by molar-refractivity contribution is 6.28. The summed E-state index contributed by atoms with van der Waals surface area (Å²) in [6.07, 6.45) is 0. The van der Waals surface area contributed by atoms with Crippen LogP contribution in [0.5, 0.6) is 0 Å². The molecule has 0 aliphatic rings. The predicted molar refractivity (Wildman–Crippen MR) is 81.1 cm³/mol. The first kappa shape index (κ1) is 18.6. The van der Waals surface area contributed by atoms with Crippen LogP contribution in [0.1, 0.15) is 13.8 Å². The molecule has 0 atom stereocenters. The molecule has 6 heteroatoms. The fraction of sp³-hybridized carbons (Fsp3) is 1.00. The Kier molecular flexibility index (Phi) is 13.7. The van der Waals surface area contributed by atoms with E-state index < -0.39 is 0 Å². The molecule has 0 bridgehead atoms. The van der Waals surface area contributed by atoms with E-state index in [0.29, 0.717) is 0 Å². The predicted octanol–water partition coefficient (Wildman–Crippen LogP) is -1.00. The van der Waals surface area contributed by atoms with Crippen molar-refractivity contribution in [1.82, 2.24) is 18.3 Å². The molecule has 0 amide bonds. The zero-order chi connectivity index (χ0) is 13.1. The van der Waals surface area contributed by atoms with Crippen LogP contribution < -0.4 is 0 Å². The zero-order valence-electron chi connectivity index (χ0n) is 12.6. The Hall–Kier alpha value is 0.274. The van der Waals surface area contributed by atoms with Gasteiger partial charge in [0.25, 0.3) is 0 Å². The van der Waals surface area contributed by atoms with E-state index in [2.05, 4.69) is 74.4 Å². The third kappa shape index (κ3) is 16.7. The second-order valence-electron chi connectivity index (χ2n) is 4.79. The van der Waals surface area contributed by atoms with E-state index in [4.69, 9.17) is 0 Å². The highest BCUT2D eigenvalue weighted by atomic mass is 28.2. The molecule has 0 aromatic heterocycles. The molecular formula is C10H32N4Si2. The van der Waals surface area contributed by atoms with Gasteiger partial charge in [-0.25, -0.2) is 0 Å². The Morgan fingerprint density at radius 2 is 0.938 bits per heavy atom. The number of hydrogen-bond acceptors (Lipinski definition) is 4. The van der Waals surface area contributed by atoms with E-state index in [9.17, 15) is 0 Å². The minimum absolute atomic E-state index is 0.0525. The number of nitrogens with zero attached hydrogens (tertiary/aromatic N) is 4. The van der Waals surface area contributed by atoms with Crippen molar-refractivity contribution in [2.24, 2.45) is 0 Å². The number of rotatable bonds is 6. The summed E-state index contributed by atoms with van der Waals surface area (Å²) in [5.41, 5.74) is 0. The van der Waals surface area contributed by atoms with Gasteiger partial charge in [0.1, 0.15) is 0 Å². The minimum atomic E-state index is -0.0733. The zero-order valence-corrected chi connectivity index (χ0v) is 15.4. The molecule has 0 spiro atoms. The molecule has 0 aliphatic heterocycles. The van der Waals surface area contributed by atoms with E-state index in [1.807, 2.05) is 0 Å². The first-order valence-electron chi connectivity index (χ1n) is 5.99. The van der Waals surface area contributed by atoms with Crippen LogP contribution in [-0.4, -0.2) is 93.3 Å². The van der Waals surface area contributed by atoms with Gasteiger partial charge in [0.05, 0.1) is 0 Å². The summed E-state index contributed by atoms with van der Waals surface area (Å²) < 4.78 is 9.37. The summed E-state index contributed by atoms with van der Waals surface area (Å²) in [6, 6.07) is 0. The maximum absolute atomic E-state index is 2.42. The fourth-order valence-corrected chi connectivity index (χ4v) is 3.53. The van der Waals surface area contributed by atoms with Crippen LogP contribution in [0.3, 0.4) is 0 Å². The minimum Gasteiger partial charge on any atom is -0.322 e. The Balaban J connectivity index is 0. The Bertz CT molecular complexity index is 131. The second-order valence-corrected chi connectivity index (χ2v) is 10.0. The van der Waals surface area contributed by atoms with Gasteiger partial charge in [0.2, 0.25) is 0 Å². The topological polar surface area (TPSA) is 13.0 Å². The highest BCUT2D eigenvalue weighted by Gasteiger charge is 1.97. The number of hydrogen-bond donors (Lipinski definition) is 0. The lowest BCUT2D eigenvalue weighted by Gasteiger charge is -2.20. The third-order valence-corrected chi connectivity index (χ3v) is 5.12. The Labute approximate surface area is 108 Å². The van der Waals surface area contributed by atoms with Crippen LogP contribution in [0.25, 0.3) is 0 Å². The van der Waals surface area contributed by atoms with Crippen LogP contribution in [-0.2, 0) is 0 Å². The van der Waals surface area contributed by atoms with E-state index in [-0.39, 0.29) is 19.7 Å². The molecule has 0 fully saturated rings. The van der Waals surface area contributed by atoms with Gasteiger partial charge in [-0.15, -0.1) is 0 Å². The molecule has 0 radical (unpaired) electrons. The molecule has 0 N–H and O–H groups in total. The monoisotopic (exact) mass is 264 g/mol. The van der Waals surface area contributed by atoms with Crippen LogP contribution in [0.4, 0.5) is 0 Å². The largest absolute Gasteiger partial charge is 0.322 e. The maximum Gasteiger partial charge on any atom is 0.172 e. The molecule has 0 aliphatic carbocycles. The molecule has 0 saturated heterocycles. The van der Waals surface area contributed by atoms with E-state index in [1.165, 1.54) is 13.1 Å². The summed E-state index contributed by atoms with van der Waals surface area (Å²) in [5.74, 6) is 0. The molecule has 0 saturated carbocycles. The quantitative estimate of drug-likeness (QED) is 0.571. The summed E-state index contributed by atoms with van der Waals surface area (Å²) in [6.45, 7) is 6.79. The first-order valence-corrected chi connectivity index (χ1v) is 8.52. The van der Waals surface area contributed by atoms with Gasteiger partial charge >= 0.3 is 0 Å². The summed E-state index contributed by atoms with van der Waals surface area (Å²) in [7, 11) is 12.7. The van der Waals surface area contributed by atoms with Crippen LogP contribution in [0.2, 0.25) is 0 Å². The maximum atomic E-state index is 2.42. The lowest BCUT2D eigenvalue weighted by molar-refractivity contribution is 0.467.